The van der Waals surface area contributed by atoms with Gasteiger partial charge in [0.25, 0.3) is 0 Å². The second-order valence-electron chi connectivity index (χ2n) is 2.76. The van der Waals surface area contributed by atoms with Crippen molar-refractivity contribution in [1.82, 2.24) is 0 Å². The minimum Gasteiger partial charge on any atom is -0.497 e. The van der Waals surface area contributed by atoms with Gasteiger partial charge in [-0.3, -0.25) is 0 Å². The number of hydrogen-bond acceptors (Lipinski definition) is 3. The summed E-state index contributed by atoms with van der Waals surface area (Å²) in [5.41, 5.74) is 1.14. The fourth-order valence-corrected chi connectivity index (χ4v) is 1.73. The molecule has 14 heavy (non-hydrogen) atoms. The van der Waals surface area contributed by atoms with E-state index >= 15 is 0 Å². The average Bonchev–Trinajstić information content (AvgIpc) is 2.18. The molecule has 1 aromatic rings. The van der Waals surface area contributed by atoms with E-state index in [1.165, 1.54) is 7.11 Å². The maximum atomic E-state index is 10.9. The molecule has 4 heteroatoms. The first-order chi connectivity index (χ1) is 6.69. The van der Waals surface area contributed by atoms with E-state index in [0.717, 1.165) is 5.56 Å². The lowest BCUT2D eigenvalue weighted by molar-refractivity contribution is 0.0695. The fourth-order valence-electron chi connectivity index (χ4n) is 1.16. The number of benzene rings is 1. The summed E-state index contributed by atoms with van der Waals surface area (Å²) in [5, 5.41) is 8.95. The van der Waals surface area contributed by atoms with E-state index in [9.17, 15) is 4.79 Å². The highest BCUT2D eigenvalue weighted by Gasteiger charge is 2.10. The Morgan fingerprint density at radius 2 is 2.29 bits per heavy atom. The van der Waals surface area contributed by atoms with Gasteiger partial charge in [0, 0.05) is 5.75 Å². The Labute approximate surface area is 87.1 Å². The van der Waals surface area contributed by atoms with Crippen molar-refractivity contribution in [3.05, 3.63) is 29.3 Å². The summed E-state index contributed by atoms with van der Waals surface area (Å²) >= 11 is 1.60. The molecule has 0 amide bonds. The van der Waals surface area contributed by atoms with Crippen LogP contribution in [0.5, 0.6) is 5.75 Å². The Hall–Kier alpha value is -1.16. The minimum absolute atomic E-state index is 0.318. The lowest BCUT2D eigenvalue weighted by Crippen LogP contribution is -2.02. The molecule has 0 saturated heterocycles. The van der Waals surface area contributed by atoms with Gasteiger partial charge in [-0.2, -0.15) is 11.8 Å². The topological polar surface area (TPSA) is 46.5 Å². The summed E-state index contributed by atoms with van der Waals surface area (Å²) in [5.74, 6) is 0.367. The normalized spacial score (nSPS) is 9.86. The van der Waals surface area contributed by atoms with Gasteiger partial charge >= 0.3 is 5.97 Å². The second kappa shape index (κ2) is 4.91. The molecule has 0 bridgehead atoms. The van der Waals surface area contributed by atoms with Gasteiger partial charge in [0.1, 0.15) is 5.75 Å². The number of hydrogen-bond donors (Lipinski definition) is 1. The van der Waals surface area contributed by atoms with Crippen LogP contribution in [-0.4, -0.2) is 24.4 Å². The van der Waals surface area contributed by atoms with E-state index in [1.54, 1.807) is 30.0 Å². The summed E-state index contributed by atoms with van der Waals surface area (Å²) < 4.78 is 4.97. The number of carboxylic acid groups (broad SMARTS) is 1. The lowest BCUT2D eigenvalue weighted by Gasteiger charge is -2.06. The smallest absolute Gasteiger partial charge is 0.336 e. The Bertz CT molecular complexity index is 336. The van der Waals surface area contributed by atoms with Crippen LogP contribution >= 0.6 is 11.8 Å². The fraction of sp³-hybridized carbons (Fsp3) is 0.300. The molecule has 0 aliphatic rings. The standard InChI is InChI=1S/C10H12O3S/c1-13-8-4-3-7(6-14-2)9(5-8)10(11)12/h3-5H,6H2,1-2H3,(H,11,12). The molecule has 0 aliphatic carbocycles. The van der Waals surface area contributed by atoms with Crippen molar-refractivity contribution in [2.24, 2.45) is 0 Å². The van der Waals surface area contributed by atoms with Crippen molar-refractivity contribution in [3.63, 3.8) is 0 Å². The van der Waals surface area contributed by atoms with E-state index in [-0.39, 0.29) is 0 Å². The molecular weight excluding hydrogens is 200 g/mol. The number of rotatable bonds is 4. The maximum Gasteiger partial charge on any atom is 0.336 e. The van der Waals surface area contributed by atoms with E-state index in [1.807, 2.05) is 6.26 Å². The van der Waals surface area contributed by atoms with Gasteiger partial charge in [0.15, 0.2) is 0 Å². The van der Waals surface area contributed by atoms with Crippen LogP contribution < -0.4 is 4.74 Å². The van der Waals surface area contributed by atoms with Gasteiger partial charge in [0.05, 0.1) is 12.7 Å². The van der Waals surface area contributed by atoms with E-state index in [2.05, 4.69) is 0 Å². The summed E-state index contributed by atoms with van der Waals surface area (Å²) in [6.07, 6.45) is 1.94. The number of aromatic carboxylic acids is 1. The molecule has 0 saturated carbocycles. The zero-order chi connectivity index (χ0) is 10.6. The number of ether oxygens (including phenoxy) is 1. The van der Waals surface area contributed by atoms with E-state index in [4.69, 9.17) is 9.84 Å². The van der Waals surface area contributed by atoms with Crippen molar-refractivity contribution in [2.75, 3.05) is 13.4 Å². The Kier molecular flexibility index (Phi) is 3.83. The largest absolute Gasteiger partial charge is 0.497 e. The quantitative estimate of drug-likeness (QED) is 0.831. The molecule has 76 valence electrons. The van der Waals surface area contributed by atoms with Crippen molar-refractivity contribution < 1.29 is 14.6 Å². The van der Waals surface area contributed by atoms with Crippen LogP contribution in [-0.2, 0) is 5.75 Å². The molecule has 0 radical (unpaired) electrons. The van der Waals surface area contributed by atoms with Gasteiger partial charge in [-0.1, -0.05) is 6.07 Å². The SMILES string of the molecule is COc1ccc(CSC)c(C(=O)O)c1. The van der Waals surface area contributed by atoms with E-state index in [0.29, 0.717) is 17.1 Å². The molecule has 0 aliphatic heterocycles. The highest BCUT2D eigenvalue weighted by atomic mass is 32.2. The maximum absolute atomic E-state index is 10.9. The van der Waals surface area contributed by atoms with E-state index < -0.39 is 5.97 Å². The van der Waals surface area contributed by atoms with Crippen LogP contribution in [0.25, 0.3) is 0 Å². The van der Waals surface area contributed by atoms with Crippen molar-refractivity contribution in [3.8, 4) is 5.75 Å². The van der Waals surface area contributed by atoms with Gasteiger partial charge in [-0.25, -0.2) is 4.79 Å². The second-order valence-corrected chi connectivity index (χ2v) is 3.63. The average molecular weight is 212 g/mol. The van der Waals surface area contributed by atoms with Crippen LogP contribution in [0.2, 0.25) is 0 Å². The predicted molar refractivity (Wildman–Crippen MR) is 57.2 cm³/mol. The Morgan fingerprint density at radius 3 is 2.79 bits per heavy atom. The number of methoxy groups -OCH3 is 1. The summed E-state index contributed by atoms with van der Waals surface area (Å²) in [6, 6.07) is 5.12. The monoisotopic (exact) mass is 212 g/mol. The molecule has 1 rings (SSSR count). The predicted octanol–water partition coefficient (Wildman–Crippen LogP) is 2.26. The van der Waals surface area contributed by atoms with Gasteiger partial charge in [-0.05, 0) is 24.0 Å². The molecule has 0 spiro atoms. The molecule has 0 aromatic heterocycles. The third-order valence-corrected chi connectivity index (χ3v) is 2.45. The van der Waals surface area contributed by atoms with Gasteiger partial charge in [0.2, 0.25) is 0 Å². The first-order valence-corrected chi connectivity index (χ1v) is 5.47. The first kappa shape index (κ1) is 10.9. The molecular formula is C10H12O3S. The van der Waals surface area contributed by atoms with Gasteiger partial charge in [-0.15, -0.1) is 0 Å². The third kappa shape index (κ3) is 2.42. The summed E-state index contributed by atoms with van der Waals surface area (Å²) in [6.45, 7) is 0. The molecule has 0 unspecified atom stereocenters. The number of carboxylic acids is 1. The number of carbonyl (C=O) groups is 1. The summed E-state index contributed by atoms with van der Waals surface area (Å²) in [4.78, 5) is 10.9. The van der Waals surface area contributed by atoms with Crippen LogP contribution in [0.15, 0.2) is 18.2 Å². The third-order valence-electron chi connectivity index (χ3n) is 1.85. The Morgan fingerprint density at radius 1 is 1.57 bits per heavy atom. The molecule has 0 fully saturated rings. The van der Waals surface area contributed by atoms with Crippen molar-refractivity contribution in [1.29, 1.82) is 0 Å². The van der Waals surface area contributed by atoms with Crippen LogP contribution in [0.3, 0.4) is 0 Å². The number of thioether (sulfide) groups is 1. The summed E-state index contributed by atoms with van der Waals surface area (Å²) in [7, 11) is 1.52. The Balaban J connectivity index is 3.10. The minimum atomic E-state index is -0.909. The molecule has 0 atom stereocenters. The molecule has 0 heterocycles. The first-order valence-electron chi connectivity index (χ1n) is 4.08. The highest BCUT2D eigenvalue weighted by molar-refractivity contribution is 7.97. The molecule has 1 aromatic carbocycles. The van der Waals surface area contributed by atoms with Gasteiger partial charge < -0.3 is 9.84 Å². The zero-order valence-electron chi connectivity index (χ0n) is 8.11. The van der Waals surface area contributed by atoms with Crippen LogP contribution in [0, 0.1) is 0 Å². The van der Waals surface area contributed by atoms with Crippen molar-refractivity contribution >= 4 is 17.7 Å². The van der Waals surface area contributed by atoms with Crippen molar-refractivity contribution in [2.45, 2.75) is 5.75 Å². The molecule has 3 nitrogen and oxygen atoms in total. The van der Waals surface area contributed by atoms with Crippen LogP contribution in [0.1, 0.15) is 15.9 Å². The lowest BCUT2D eigenvalue weighted by atomic mass is 10.1. The molecule has 1 N–H and O–H groups in total. The van der Waals surface area contributed by atoms with Crippen LogP contribution in [0.4, 0.5) is 0 Å². The highest BCUT2D eigenvalue weighted by Crippen LogP contribution is 2.20. The zero-order valence-corrected chi connectivity index (χ0v) is 8.93.